The molecular formula is C21H24N2O5S. The van der Waals surface area contributed by atoms with Gasteiger partial charge >= 0.3 is 0 Å². The van der Waals surface area contributed by atoms with Crippen molar-refractivity contribution >= 4 is 15.9 Å². The molecule has 2 aliphatic heterocycles. The van der Waals surface area contributed by atoms with E-state index in [1.54, 1.807) is 30.3 Å². The minimum absolute atomic E-state index is 0.209. The molecule has 154 valence electrons. The molecule has 0 aromatic heterocycles. The van der Waals surface area contributed by atoms with E-state index in [1.165, 1.54) is 4.31 Å². The van der Waals surface area contributed by atoms with Gasteiger partial charge in [0.05, 0.1) is 11.4 Å². The fourth-order valence-electron chi connectivity index (χ4n) is 3.68. The highest BCUT2D eigenvalue weighted by Crippen LogP contribution is 2.31. The lowest BCUT2D eigenvalue weighted by atomic mass is 10.0. The van der Waals surface area contributed by atoms with Gasteiger partial charge in [-0.05, 0) is 37.1 Å². The molecule has 2 aliphatic rings. The van der Waals surface area contributed by atoms with Gasteiger partial charge in [-0.3, -0.25) is 4.79 Å². The second kappa shape index (κ2) is 8.42. The average Bonchev–Trinajstić information content (AvgIpc) is 2.78. The van der Waals surface area contributed by atoms with Gasteiger partial charge in [-0.2, -0.15) is 4.31 Å². The van der Waals surface area contributed by atoms with Crippen molar-refractivity contribution in [2.75, 3.05) is 19.7 Å². The number of nitrogens with zero attached hydrogens (tertiary/aromatic N) is 1. The van der Waals surface area contributed by atoms with Gasteiger partial charge in [-0.1, -0.05) is 36.8 Å². The summed E-state index contributed by atoms with van der Waals surface area (Å²) >= 11 is 0. The summed E-state index contributed by atoms with van der Waals surface area (Å²) in [6, 6.07) is 14.9. The van der Waals surface area contributed by atoms with Crippen LogP contribution in [0.25, 0.3) is 0 Å². The van der Waals surface area contributed by atoms with Gasteiger partial charge < -0.3 is 14.8 Å². The molecule has 2 aromatic rings. The van der Waals surface area contributed by atoms with E-state index in [0.717, 1.165) is 12.8 Å². The highest BCUT2D eigenvalue weighted by Gasteiger charge is 2.37. The van der Waals surface area contributed by atoms with Gasteiger partial charge in [0.25, 0.3) is 0 Å². The molecule has 0 spiro atoms. The Labute approximate surface area is 170 Å². The summed E-state index contributed by atoms with van der Waals surface area (Å²) in [5.41, 5.74) is 0. The van der Waals surface area contributed by atoms with E-state index < -0.39 is 16.1 Å². The third-order valence-corrected chi connectivity index (χ3v) is 7.10. The quantitative estimate of drug-likeness (QED) is 0.808. The first-order valence-electron chi connectivity index (χ1n) is 9.79. The van der Waals surface area contributed by atoms with Crippen LogP contribution in [0.15, 0.2) is 59.5 Å². The van der Waals surface area contributed by atoms with Crippen molar-refractivity contribution in [3.63, 3.8) is 0 Å². The first-order valence-corrected chi connectivity index (χ1v) is 11.2. The molecule has 2 atom stereocenters. The molecule has 2 aromatic carbocycles. The Morgan fingerprint density at radius 1 is 1.03 bits per heavy atom. The second-order valence-corrected chi connectivity index (χ2v) is 9.07. The minimum Gasteiger partial charge on any atom is -0.486 e. The molecule has 0 bridgehead atoms. The van der Waals surface area contributed by atoms with E-state index in [-0.39, 0.29) is 23.5 Å². The van der Waals surface area contributed by atoms with Crippen LogP contribution in [0.4, 0.5) is 0 Å². The van der Waals surface area contributed by atoms with Gasteiger partial charge in [0, 0.05) is 6.54 Å². The number of rotatable bonds is 5. The van der Waals surface area contributed by atoms with Crippen LogP contribution in [0.5, 0.6) is 11.5 Å². The van der Waals surface area contributed by atoms with Crippen LogP contribution in [0.1, 0.15) is 19.3 Å². The normalized spacial score (nSPS) is 22.1. The van der Waals surface area contributed by atoms with Gasteiger partial charge in [0.1, 0.15) is 18.8 Å². The zero-order valence-electron chi connectivity index (χ0n) is 16.0. The lowest BCUT2D eigenvalue weighted by Crippen LogP contribution is -2.53. The summed E-state index contributed by atoms with van der Waals surface area (Å²) < 4.78 is 38.9. The number of ether oxygens (including phenoxy) is 2. The Balaban J connectivity index is 1.42. The van der Waals surface area contributed by atoms with Crippen LogP contribution in [0.2, 0.25) is 0 Å². The molecule has 1 fully saturated rings. The van der Waals surface area contributed by atoms with Crippen molar-refractivity contribution in [2.45, 2.75) is 36.3 Å². The van der Waals surface area contributed by atoms with Gasteiger partial charge in [0.2, 0.25) is 15.9 Å². The number of hydrogen-bond donors (Lipinski definition) is 1. The summed E-state index contributed by atoms with van der Waals surface area (Å²) in [4.78, 5) is 13.1. The highest BCUT2D eigenvalue weighted by molar-refractivity contribution is 7.89. The molecule has 2 heterocycles. The standard InChI is InChI=1S/C21H24N2O5S/c24-21(22-14-16-15-27-19-11-4-5-12-20(19)28-16)18-10-6-7-13-23(18)29(25,26)17-8-2-1-3-9-17/h1-5,8-9,11-12,16,18H,6-7,10,13-15H2,(H,22,24). The number of amides is 1. The smallest absolute Gasteiger partial charge is 0.243 e. The number of carbonyl (C=O) groups is 1. The average molecular weight is 416 g/mol. The molecule has 8 heteroatoms. The molecule has 1 amide bonds. The highest BCUT2D eigenvalue weighted by atomic mass is 32.2. The Morgan fingerprint density at radius 3 is 2.55 bits per heavy atom. The molecule has 1 saturated heterocycles. The van der Waals surface area contributed by atoms with E-state index in [4.69, 9.17) is 9.47 Å². The van der Waals surface area contributed by atoms with Crippen LogP contribution >= 0.6 is 0 Å². The van der Waals surface area contributed by atoms with Crippen LogP contribution in [0, 0.1) is 0 Å². The number of para-hydroxylation sites is 2. The molecule has 0 saturated carbocycles. The van der Waals surface area contributed by atoms with Crippen molar-refractivity contribution in [1.29, 1.82) is 0 Å². The van der Waals surface area contributed by atoms with Gasteiger partial charge in [-0.25, -0.2) is 8.42 Å². The third kappa shape index (κ3) is 4.23. The second-order valence-electron chi connectivity index (χ2n) is 7.18. The van der Waals surface area contributed by atoms with Crippen LogP contribution in [-0.2, 0) is 14.8 Å². The molecule has 29 heavy (non-hydrogen) atoms. The zero-order valence-corrected chi connectivity index (χ0v) is 16.8. The molecular weight excluding hydrogens is 392 g/mol. The number of benzene rings is 2. The molecule has 7 nitrogen and oxygen atoms in total. The fourth-order valence-corrected chi connectivity index (χ4v) is 5.36. The van der Waals surface area contributed by atoms with Gasteiger partial charge in [-0.15, -0.1) is 0 Å². The maximum absolute atomic E-state index is 13.0. The summed E-state index contributed by atoms with van der Waals surface area (Å²) in [6.45, 7) is 0.919. The monoisotopic (exact) mass is 416 g/mol. The Bertz CT molecular complexity index is 964. The summed E-state index contributed by atoms with van der Waals surface area (Å²) in [5.74, 6) is 1.03. The van der Waals surface area contributed by atoms with Crippen molar-refractivity contribution in [2.24, 2.45) is 0 Å². The van der Waals surface area contributed by atoms with E-state index in [1.807, 2.05) is 24.3 Å². The predicted octanol–water partition coefficient (Wildman–Crippen LogP) is 2.19. The van der Waals surface area contributed by atoms with Crippen LogP contribution in [0.3, 0.4) is 0 Å². The van der Waals surface area contributed by atoms with E-state index >= 15 is 0 Å². The molecule has 4 rings (SSSR count). The maximum atomic E-state index is 13.0. The van der Waals surface area contributed by atoms with Crippen molar-refractivity contribution in [3.8, 4) is 11.5 Å². The Kier molecular flexibility index (Phi) is 5.73. The number of fused-ring (bicyclic) bond motifs is 1. The molecule has 0 radical (unpaired) electrons. The van der Waals surface area contributed by atoms with Crippen LogP contribution in [-0.4, -0.2) is 50.5 Å². The summed E-state index contributed by atoms with van der Waals surface area (Å²) in [6.07, 6.45) is 1.74. The number of sulfonamides is 1. The van der Waals surface area contributed by atoms with E-state index in [9.17, 15) is 13.2 Å². The summed E-state index contributed by atoms with van der Waals surface area (Å²) in [7, 11) is -3.72. The zero-order chi connectivity index (χ0) is 20.3. The number of piperidine rings is 1. The largest absolute Gasteiger partial charge is 0.486 e. The molecule has 2 unspecified atom stereocenters. The third-order valence-electron chi connectivity index (χ3n) is 5.18. The Hall–Kier alpha value is -2.58. The number of hydrogen-bond acceptors (Lipinski definition) is 5. The minimum atomic E-state index is -3.72. The maximum Gasteiger partial charge on any atom is 0.243 e. The SMILES string of the molecule is O=C(NCC1COc2ccccc2O1)C1CCCCN1S(=O)(=O)c1ccccc1. The lowest BCUT2D eigenvalue weighted by Gasteiger charge is -2.34. The van der Waals surface area contributed by atoms with Crippen molar-refractivity contribution < 1.29 is 22.7 Å². The van der Waals surface area contributed by atoms with E-state index in [0.29, 0.717) is 31.1 Å². The van der Waals surface area contributed by atoms with E-state index in [2.05, 4.69) is 5.32 Å². The van der Waals surface area contributed by atoms with Crippen LogP contribution < -0.4 is 14.8 Å². The fraction of sp³-hybridized carbons (Fsp3) is 0.381. The molecule has 0 aliphatic carbocycles. The topological polar surface area (TPSA) is 84.9 Å². The van der Waals surface area contributed by atoms with Gasteiger partial charge in [0.15, 0.2) is 11.5 Å². The summed E-state index contributed by atoms with van der Waals surface area (Å²) in [5, 5.41) is 2.86. The first-order chi connectivity index (χ1) is 14.1. The lowest BCUT2D eigenvalue weighted by molar-refractivity contribution is -0.126. The van der Waals surface area contributed by atoms with Crippen molar-refractivity contribution in [1.82, 2.24) is 9.62 Å². The number of carbonyl (C=O) groups excluding carboxylic acids is 1. The van der Waals surface area contributed by atoms with Crippen molar-refractivity contribution in [3.05, 3.63) is 54.6 Å². The predicted molar refractivity (Wildman–Crippen MR) is 107 cm³/mol. The first kappa shape index (κ1) is 19.7. The molecule has 1 N–H and O–H groups in total. The Morgan fingerprint density at radius 2 is 1.76 bits per heavy atom. The number of nitrogens with one attached hydrogen (secondary N) is 1.